The van der Waals surface area contributed by atoms with Crippen molar-refractivity contribution in [1.82, 2.24) is 15.0 Å². The van der Waals surface area contributed by atoms with Crippen molar-refractivity contribution in [1.29, 1.82) is 0 Å². The first kappa shape index (κ1) is 14.2. The van der Waals surface area contributed by atoms with Crippen LogP contribution in [-0.4, -0.2) is 28.1 Å². The highest BCUT2D eigenvalue weighted by atomic mass is 16.5. The Balaban J connectivity index is 2.04. The molecule has 3 aromatic heterocycles. The van der Waals surface area contributed by atoms with Gasteiger partial charge in [0.25, 0.3) is 0 Å². The first-order valence-corrected chi connectivity index (χ1v) is 7.04. The lowest BCUT2D eigenvalue weighted by atomic mass is 10.1. The molecule has 0 aromatic carbocycles. The number of nitrogens with zero attached hydrogens (tertiary/aromatic N) is 3. The minimum atomic E-state index is 0.436. The summed E-state index contributed by atoms with van der Waals surface area (Å²) >= 11 is 0. The van der Waals surface area contributed by atoms with Gasteiger partial charge in [0.2, 0.25) is 0 Å². The van der Waals surface area contributed by atoms with Crippen molar-refractivity contribution in [3.63, 3.8) is 0 Å². The lowest BCUT2D eigenvalue weighted by Gasteiger charge is -2.11. The summed E-state index contributed by atoms with van der Waals surface area (Å²) in [5.41, 5.74) is 8.76. The van der Waals surface area contributed by atoms with Crippen LogP contribution in [0.15, 0.2) is 61.1 Å². The summed E-state index contributed by atoms with van der Waals surface area (Å²) in [6.45, 7) is 0.883. The molecule has 0 unspecified atom stereocenters. The van der Waals surface area contributed by atoms with E-state index in [-0.39, 0.29) is 0 Å². The van der Waals surface area contributed by atoms with Crippen molar-refractivity contribution in [3.8, 4) is 28.4 Å². The molecule has 0 saturated heterocycles. The van der Waals surface area contributed by atoms with E-state index in [2.05, 4.69) is 15.0 Å². The molecule has 110 valence electrons. The smallest absolute Gasteiger partial charge is 0.132 e. The van der Waals surface area contributed by atoms with Gasteiger partial charge >= 0.3 is 0 Å². The molecule has 22 heavy (non-hydrogen) atoms. The number of ether oxygens (including phenoxy) is 1. The predicted molar refractivity (Wildman–Crippen MR) is 85.2 cm³/mol. The van der Waals surface area contributed by atoms with E-state index in [1.165, 1.54) is 0 Å². The second kappa shape index (κ2) is 6.78. The fourth-order valence-corrected chi connectivity index (χ4v) is 2.09. The molecule has 3 heterocycles. The summed E-state index contributed by atoms with van der Waals surface area (Å²) in [6, 6.07) is 13.3. The Morgan fingerprint density at radius 2 is 1.59 bits per heavy atom. The molecule has 0 aliphatic carbocycles. The number of pyridine rings is 3. The van der Waals surface area contributed by atoms with Crippen LogP contribution in [-0.2, 0) is 0 Å². The van der Waals surface area contributed by atoms with Gasteiger partial charge in [-0.05, 0) is 24.3 Å². The Morgan fingerprint density at radius 3 is 2.23 bits per heavy atom. The highest BCUT2D eigenvalue weighted by Gasteiger charge is 2.11. The highest BCUT2D eigenvalue weighted by Crippen LogP contribution is 2.30. The molecule has 0 saturated carbocycles. The van der Waals surface area contributed by atoms with Crippen molar-refractivity contribution >= 4 is 0 Å². The second-order valence-electron chi connectivity index (χ2n) is 4.63. The first-order chi connectivity index (χ1) is 10.9. The van der Waals surface area contributed by atoms with E-state index in [0.29, 0.717) is 18.9 Å². The number of nitrogens with two attached hydrogens (primary N) is 1. The average Bonchev–Trinajstić information content (AvgIpc) is 2.61. The fourth-order valence-electron chi connectivity index (χ4n) is 2.09. The summed E-state index contributed by atoms with van der Waals surface area (Å²) in [4.78, 5) is 13.1. The van der Waals surface area contributed by atoms with E-state index in [4.69, 9.17) is 10.5 Å². The van der Waals surface area contributed by atoms with Crippen LogP contribution in [0.25, 0.3) is 22.6 Å². The van der Waals surface area contributed by atoms with E-state index < -0.39 is 0 Å². The van der Waals surface area contributed by atoms with Gasteiger partial charge in [-0.2, -0.15) is 0 Å². The van der Waals surface area contributed by atoms with E-state index in [1.54, 1.807) is 18.6 Å². The van der Waals surface area contributed by atoms with E-state index >= 15 is 0 Å². The largest absolute Gasteiger partial charge is 0.491 e. The van der Waals surface area contributed by atoms with Crippen molar-refractivity contribution in [2.45, 2.75) is 0 Å². The molecule has 0 aliphatic heterocycles. The third kappa shape index (κ3) is 3.10. The molecule has 3 aromatic rings. The average molecular weight is 292 g/mol. The van der Waals surface area contributed by atoms with Crippen molar-refractivity contribution < 1.29 is 4.74 Å². The molecule has 0 aliphatic rings. The van der Waals surface area contributed by atoms with Crippen molar-refractivity contribution in [2.24, 2.45) is 5.73 Å². The van der Waals surface area contributed by atoms with Gasteiger partial charge in [0.1, 0.15) is 12.4 Å². The van der Waals surface area contributed by atoms with Crippen LogP contribution < -0.4 is 10.5 Å². The molecular formula is C17H16N4O. The lowest BCUT2D eigenvalue weighted by Crippen LogP contribution is -2.11. The molecule has 5 heteroatoms. The van der Waals surface area contributed by atoms with Crippen molar-refractivity contribution in [2.75, 3.05) is 13.2 Å². The van der Waals surface area contributed by atoms with Gasteiger partial charge in [-0.15, -0.1) is 0 Å². The Bertz CT molecular complexity index is 732. The van der Waals surface area contributed by atoms with Crippen molar-refractivity contribution in [3.05, 3.63) is 61.1 Å². The lowest BCUT2D eigenvalue weighted by molar-refractivity contribution is 0.329. The van der Waals surface area contributed by atoms with Gasteiger partial charge in [0, 0.05) is 31.2 Å². The zero-order valence-corrected chi connectivity index (χ0v) is 12.0. The van der Waals surface area contributed by atoms with Crippen LogP contribution in [0.2, 0.25) is 0 Å². The maximum absolute atomic E-state index is 5.77. The Hall–Kier alpha value is -2.79. The first-order valence-electron chi connectivity index (χ1n) is 7.04. The topological polar surface area (TPSA) is 73.9 Å². The molecule has 0 fully saturated rings. The molecular weight excluding hydrogens is 276 g/mol. The summed E-state index contributed by atoms with van der Waals surface area (Å²) < 4.78 is 5.77. The number of aromatic nitrogens is 3. The normalized spacial score (nSPS) is 10.4. The summed E-state index contributed by atoms with van der Waals surface area (Å²) in [6.07, 6.45) is 5.25. The van der Waals surface area contributed by atoms with E-state index in [9.17, 15) is 0 Å². The Morgan fingerprint density at radius 1 is 0.864 bits per heavy atom. The quantitative estimate of drug-likeness (QED) is 0.782. The number of hydrogen-bond acceptors (Lipinski definition) is 5. The van der Waals surface area contributed by atoms with Crippen LogP contribution in [0.1, 0.15) is 0 Å². The van der Waals surface area contributed by atoms with E-state index in [0.717, 1.165) is 22.6 Å². The highest BCUT2D eigenvalue weighted by molar-refractivity contribution is 5.70. The van der Waals surface area contributed by atoms with Gasteiger partial charge in [-0.1, -0.05) is 12.1 Å². The number of hydrogen-bond donors (Lipinski definition) is 1. The standard InChI is InChI=1S/C17H16N4O/c18-7-10-22-17-11-16(15-6-2-4-9-20-15)21-12-13(17)14-5-1-3-8-19-14/h1-6,8-9,11-12H,7,10,18H2. The zero-order chi connectivity index (χ0) is 15.2. The van der Waals surface area contributed by atoms with Crippen LogP contribution in [0.5, 0.6) is 5.75 Å². The molecule has 0 atom stereocenters. The summed E-state index contributed by atoms with van der Waals surface area (Å²) in [5.74, 6) is 0.708. The Labute approximate surface area is 128 Å². The molecule has 3 rings (SSSR count). The van der Waals surface area contributed by atoms with Gasteiger partial charge < -0.3 is 10.5 Å². The molecule has 2 N–H and O–H groups in total. The van der Waals surface area contributed by atoms with E-state index in [1.807, 2.05) is 42.5 Å². The van der Waals surface area contributed by atoms with Crippen LogP contribution >= 0.6 is 0 Å². The maximum atomic E-state index is 5.77. The van der Waals surface area contributed by atoms with Crippen LogP contribution in [0.4, 0.5) is 0 Å². The second-order valence-corrected chi connectivity index (χ2v) is 4.63. The summed E-state index contributed by atoms with van der Waals surface area (Å²) in [5, 5.41) is 0. The Kier molecular flexibility index (Phi) is 4.36. The predicted octanol–water partition coefficient (Wildman–Crippen LogP) is 2.54. The van der Waals surface area contributed by atoms with Gasteiger partial charge in [-0.25, -0.2) is 0 Å². The molecule has 0 spiro atoms. The third-order valence-corrected chi connectivity index (χ3v) is 3.11. The minimum Gasteiger partial charge on any atom is -0.491 e. The maximum Gasteiger partial charge on any atom is 0.132 e. The zero-order valence-electron chi connectivity index (χ0n) is 12.0. The third-order valence-electron chi connectivity index (χ3n) is 3.11. The van der Waals surface area contributed by atoms with Crippen LogP contribution in [0, 0.1) is 0 Å². The molecule has 0 bridgehead atoms. The minimum absolute atomic E-state index is 0.436. The van der Waals surface area contributed by atoms with Gasteiger partial charge in [-0.3, -0.25) is 15.0 Å². The van der Waals surface area contributed by atoms with Gasteiger partial charge in [0.15, 0.2) is 0 Å². The molecule has 5 nitrogen and oxygen atoms in total. The fraction of sp³-hybridized carbons (Fsp3) is 0.118. The van der Waals surface area contributed by atoms with Gasteiger partial charge in [0.05, 0.1) is 22.6 Å². The SMILES string of the molecule is NCCOc1cc(-c2ccccn2)ncc1-c1ccccn1. The summed E-state index contributed by atoms with van der Waals surface area (Å²) in [7, 11) is 0. The molecule has 0 amide bonds. The van der Waals surface area contributed by atoms with Crippen LogP contribution in [0.3, 0.4) is 0 Å². The number of rotatable bonds is 5. The molecule has 0 radical (unpaired) electrons. The monoisotopic (exact) mass is 292 g/mol.